The highest BCUT2D eigenvalue weighted by Gasteiger charge is 2.66. The standard InChI is InChI=1S/C70H88N10O16S/c1-38(2)54(71)62(86)73-39(3)60(84)74-43-15-13-42(41(27-43)14-18-51-56(81)57(82)58(83)59(96-51)64(89)90)30-94-66(91)78(23-25-92-7)24-26-95-70-34-67(5)31-68(6,35-70)33-69(32-67,36-70)37-80-40(4)47(28-72-80)45-17-20-53(76-55(45)63(87)88)79-22-21-44-48(29-79)46(16-19-50(44)93-8)61(85)77-65-75-49-11-9-10-12-52(49)97-65/h9-13,15-17,19-20,27-28,38-39,51,54,56-59,81-83H,14,18,21-26,29-37,71H2,1-8H3,(H,73,86)(H,74,84)(H,87,88)(H,89,90)(H,75,77,85)/t39?,51-,54?,56-,57+,58-,59-,67?,68?,69?,70?/m0/s1. The van der Waals surface area contributed by atoms with Crippen LogP contribution in [0.1, 0.15) is 128 Å². The van der Waals surface area contributed by atoms with Gasteiger partial charge in [0, 0.05) is 73.5 Å². The van der Waals surface area contributed by atoms with Gasteiger partial charge in [0.15, 0.2) is 16.9 Å². The zero-order valence-corrected chi connectivity index (χ0v) is 56.8. The van der Waals surface area contributed by atoms with Crippen LogP contribution in [0.4, 0.5) is 21.4 Å². The number of aliphatic carboxylic acids is 1. The van der Waals surface area contributed by atoms with Crippen LogP contribution in [0, 0.1) is 29.1 Å². The number of para-hydroxylation sites is 1. The Hall–Kier alpha value is -8.15. The number of aliphatic hydroxyl groups is 3. The molecule has 3 aromatic heterocycles. The molecule has 4 saturated carbocycles. The van der Waals surface area contributed by atoms with Crippen LogP contribution in [0.5, 0.6) is 5.75 Å². The fourth-order valence-electron chi connectivity index (χ4n) is 16.5. The Bertz CT molecular complexity index is 3920. The van der Waals surface area contributed by atoms with E-state index in [1.54, 1.807) is 63.6 Å². The van der Waals surface area contributed by atoms with Crippen LogP contribution in [0.2, 0.25) is 0 Å². The number of rotatable bonds is 26. The number of pyridine rings is 1. The molecule has 27 heteroatoms. The highest BCUT2D eigenvalue weighted by molar-refractivity contribution is 7.22. The maximum atomic E-state index is 14.2. The number of anilines is 3. The minimum atomic E-state index is -1.88. The number of carbonyl (C=O) groups is 6. The number of methoxy groups -OCH3 is 2. The fourth-order valence-corrected chi connectivity index (χ4v) is 17.3. The van der Waals surface area contributed by atoms with Crippen molar-refractivity contribution in [2.75, 3.05) is 62.6 Å². The molecule has 0 radical (unpaired) electrons. The zero-order chi connectivity index (χ0) is 69.5. The first-order valence-electron chi connectivity index (χ1n) is 33.0. The minimum Gasteiger partial charge on any atom is -0.496 e. The number of aliphatic hydroxyl groups excluding tert-OH is 3. The van der Waals surface area contributed by atoms with Crippen molar-refractivity contribution >= 4 is 73.9 Å². The summed E-state index contributed by atoms with van der Waals surface area (Å²) in [5.74, 6) is -3.13. The van der Waals surface area contributed by atoms with E-state index in [-0.39, 0.29) is 86.1 Å². The molecule has 1 saturated heterocycles. The lowest BCUT2D eigenvalue weighted by Gasteiger charge is -2.69. The summed E-state index contributed by atoms with van der Waals surface area (Å²) in [6, 6.07) is 17.9. The lowest BCUT2D eigenvalue weighted by atomic mass is 9.39. The number of hydrogen-bond acceptors (Lipinski definition) is 20. The van der Waals surface area contributed by atoms with Crippen molar-refractivity contribution in [1.29, 1.82) is 0 Å². The third-order valence-electron chi connectivity index (χ3n) is 20.1. The van der Waals surface area contributed by atoms with Gasteiger partial charge >= 0.3 is 18.0 Å². The smallest absolute Gasteiger partial charge is 0.410 e. The minimum absolute atomic E-state index is 0.0538. The van der Waals surface area contributed by atoms with Crippen LogP contribution >= 0.6 is 11.3 Å². The monoisotopic (exact) mass is 1360 g/mol. The molecule has 4 aliphatic carbocycles. The number of carbonyl (C=O) groups excluding carboxylic acids is 4. The number of nitrogens with one attached hydrogen (secondary N) is 3. The molecule has 97 heavy (non-hydrogen) atoms. The molecule has 2 aliphatic heterocycles. The molecule has 4 unspecified atom stereocenters. The van der Waals surface area contributed by atoms with E-state index in [1.807, 2.05) is 46.8 Å². The summed E-state index contributed by atoms with van der Waals surface area (Å²) < 4.78 is 32.9. The molecule has 4 bridgehead atoms. The summed E-state index contributed by atoms with van der Waals surface area (Å²) in [5.41, 5.74) is 11.1. The summed E-state index contributed by atoms with van der Waals surface area (Å²) in [4.78, 5) is 92.4. The van der Waals surface area contributed by atoms with Gasteiger partial charge in [-0.1, -0.05) is 57.2 Å². The van der Waals surface area contributed by atoms with Crippen molar-refractivity contribution in [2.45, 2.75) is 167 Å². The molecule has 3 aromatic carbocycles. The van der Waals surface area contributed by atoms with Gasteiger partial charge < -0.3 is 75.4 Å². The van der Waals surface area contributed by atoms with E-state index in [9.17, 15) is 54.3 Å². The Morgan fingerprint density at radius 3 is 2.27 bits per heavy atom. The molecule has 0 spiro atoms. The van der Waals surface area contributed by atoms with E-state index < -0.39 is 78.1 Å². The second-order valence-corrected chi connectivity index (χ2v) is 29.3. The van der Waals surface area contributed by atoms with Crippen molar-refractivity contribution < 1.29 is 78.0 Å². The molecule has 4 amide bonds. The summed E-state index contributed by atoms with van der Waals surface area (Å²) in [5, 5.41) is 66.2. The van der Waals surface area contributed by atoms with E-state index in [2.05, 4.69) is 34.8 Å². The highest BCUT2D eigenvalue weighted by atomic mass is 32.1. The average Bonchev–Trinajstić information content (AvgIpc) is 0.760. The van der Waals surface area contributed by atoms with Crippen molar-refractivity contribution in [1.82, 2.24) is 30.0 Å². The molecule has 6 aliphatic rings. The number of nitrogens with zero attached hydrogens (tertiary/aromatic N) is 6. The molecule has 520 valence electrons. The number of hydrogen-bond donors (Lipinski definition) is 9. The third-order valence-corrected chi connectivity index (χ3v) is 21.1. The van der Waals surface area contributed by atoms with E-state index in [0.29, 0.717) is 69.7 Å². The first kappa shape index (κ1) is 70.2. The zero-order valence-electron chi connectivity index (χ0n) is 56.0. The average molecular weight is 1360 g/mol. The van der Waals surface area contributed by atoms with Crippen LogP contribution < -0.4 is 31.3 Å². The Kier molecular flexibility index (Phi) is 20.5. The van der Waals surface area contributed by atoms with Gasteiger partial charge in [-0.05, 0) is 159 Å². The molecule has 12 rings (SSSR count). The van der Waals surface area contributed by atoms with Gasteiger partial charge in [0.25, 0.3) is 5.91 Å². The van der Waals surface area contributed by atoms with Gasteiger partial charge in [-0.15, -0.1) is 0 Å². The van der Waals surface area contributed by atoms with Gasteiger partial charge in [0.1, 0.15) is 42.5 Å². The van der Waals surface area contributed by atoms with Crippen LogP contribution in [-0.2, 0) is 65.9 Å². The van der Waals surface area contributed by atoms with Gasteiger partial charge in [-0.3, -0.25) is 24.4 Å². The Labute approximate surface area is 566 Å². The number of fused-ring (bicyclic) bond motifs is 2. The van der Waals surface area contributed by atoms with E-state index in [0.717, 1.165) is 65.6 Å². The number of nitrogens with two attached hydrogens (primary N) is 1. The Morgan fingerprint density at radius 1 is 0.825 bits per heavy atom. The Balaban J connectivity index is 0.764. The second-order valence-electron chi connectivity index (χ2n) is 28.2. The number of carboxylic acids is 2. The maximum Gasteiger partial charge on any atom is 0.410 e. The summed E-state index contributed by atoms with van der Waals surface area (Å²) in [6.45, 7) is 13.6. The van der Waals surface area contributed by atoms with Gasteiger partial charge in [-0.2, -0.15) is 5.10 Å². The number of aromatic carboxylic acids is 1. The number of thiazole rings is 1. The van der Waals surface area contributed by atoms with Gasteiger partial charge in [0.2, 0.25) is 11.8 Å². The lowest BCUT2D eigenvalue weighted by molar-refractivity contribution is -0.248. The second kappa shape index (κ2) is 28.4. The summed E-state index contributed by atoms with van der Waals surface area (Å²) >= 11 is 1.39. The number of amides is 4. The molecule has 6 aromatic rings. The number of aryl methyl sites for hydroxylation is 1. The molecule has 5 fully saturated rings. The van der Waals surface area contributed by atoms with E-state index >= 15 is 0 Å². The number of aromatic nitrogens is 4. The number of carboxylic acid groups (broad SMARTS) is 2. The molecule has 26 nitrogen and oxygen atoms in total. The number of benzene rings is 3. The predicted octanol–water partition coefficient (Wildman–Crippen LogP) is 7.10. The quantitative estimate of drug-likeness (QED) is 0.0261. The maximum absolute atomic E-state index is 14.2. The van der Waals surface area contributed by atoms with Crippen molar-refractivity contribution in [3.63, 3.8) is 0 Å². The van der Waals surface area contributed by atoms with Crippen LogP contribution in [-0.4, -0.2) is 181 Å². The third kappa shape index (κ3) is 15.0. The largest absolute Gasteiger partial charge is 0.496 e. The van der Waals surface area contributed by atoms with Crippen LogP contribution in [0.3, 0.4) is 0 Å². The molecule has 9 atom stereocenters. The SMILES string of the molecule is COCCN(CCOC12CC3(C)CC(C)(CC(Cn4ncc(-c5ccc(N6CCc7c(OC)ccc(C(=O)Nc8nc9ccccc9s8)c7C6)nc5C(=O)O)c4C)(C3)C1)C2)C(=O)OCc1ccc(NC(=O)C(C)NC(=O)C(N)C(C)C)cc1CC[C@@H]1O[C@H](C(=O)O)[C@@H](O)[C@H](O)[C@H]1O. The van der Waals surface area contributed by atoms with Crippen LogP contribution in [0.15, 0.2) is 72.9 Å². The summed E-state index contributed by atoms with van der Waals surface area (Å²) in [7, 11) is 3.13. The van der Waals surface area contributed by atoms with Gasteiger partial charge in [-0.25, -0.2) is 24.4 Å². The molecular formula is C70H88N10O16S. The van der Waals surface area contributed by atoms with Crippen molar-refractivity contribution in [2.24, 2.45) is 27.9 Å². The first-order chi connectivity index (χ1) is 46.1. The molecule has 10 N–H and O–H groups in total. The van der Waals surface area contributed by atoms with Gasteiger partial charge in [0.05, 0.1) is 54.5 Å². The number of ether oxygens (including phenoxy) is 5. The van der Waals surface area contributed by atoms with Crippen molar-refractivity contribution in [3.05, 3.63) is 112 Å². The lowest BCUT2D eigenvalue weighted by Crippen LogP contribution is -2.64. The topological polar surface area (TPSA) is 362 Å². The highest BCUT2D eigenvalue weighted by Crippen LogP contribution is 2.72. The van der Waals surface area contributed by atoms with Crippen molar-refractivity contribution in [3.8, 4) is 16.9 Å². The predicted molar refractivity (Wildman–Crippen MR) is 359 cm³/mol. The van der Waals surface area contributed by atoms with E-state index in [1.165, 1.54) is 30.3 Å². The first-order valence-corrected chi connectivity index (χ1v) is 33.8. The molecular weight excluding hydrogens is 1270 g/mol. The van der Waals surface area contributed by atoms with E-state index in [4.69, 9.17) is 39.5 Å². The van der Waals surface area contributed by atoms with Crippen LogP contribution in [0.25, 0.3) is 21.3 Å². The fraction of sp³-hybridized carbons (Fsp3) is 0.529. The summed E-state index contributed by atoms with van der Waals surface area (Å²) in [6.07, 6.45) is -1.45. The Morgan fingerprint density at radius 2 is 1.57 bits per heavy atom. The normalized spacial score (nSPS) is 25.5. The molecule has 5 heterocycles.